The lowest BCUT2D eigenvalue weighted by Crippen LogP contribution is -2.30. The molecular weight excluding hydrogens is 454 g/mol. The molecule has 2 amide bonds. The number of rotatable bonds is 9. The van der Waals surface area contributed by atoms with Gasteiger partial charge in [-0.3, -0.25) is 4.79 Å². The zero-order valence-corrected chi connectivity index (χ0v) is 19.1. The molecule has 3 aromatic carbocycles. The standard InChI is InChI=1S/C25H25N3O5S/c29-24(30)16-23(17-6-2-1-3-7-17)28-34(32,33)22-11-5-9-19(15-22)18-8-4-10-21(14-18)27-25(31)26-20-12-13-20/h1-11,14-15,20,23,28H,12-13,16H2,(H,29,30)(H2,26,27,31)/t23-/m0/s1. The maximum atomic E-state index is 13.1. The molecule has 0 aromatic heterocycles. The van der Waals surface area contributed by atoms with Crippen LogP contribution in [0.25, 0.3) is 11.1 Å². The Hall–Kier alpha value is -3.69. The number of carbonyl (C=O) groups excluding carboxylic acids is 1. The van der Waals surface area contributed by atoms with Crippen LogP contribution in [0, 0.1) is 0 Å². The van der Waals surface area contributed by atoms with Crippen LogP contribution in [0.3, 0.4) is 0 Å². The smallest absolute Gasteiger partial charge is 0.319 e. The minimum atomic E-state index is -4.01. The molecule has 1 aliphatic carbocycles. The van der Waals surface area contributed by atoms with E-state index in [1.165, 1.54) is 12.1 Å². The Morgan fingerprint density at radius 3 is 2.26 bits per heavy atom. The Labute approximate surface area is 198 Å². The van der Waals surface area contributed by atoms with E-state index in [1.807, 2.05) is 6.07 Å². The number of sulfonamides is 1. The fourth-order valence-corrected chi connectivity index (χ4v) is 4.81. The monoisotopic (exact) mass is 479 g/mol. The van der Waals surface area contributed by atoms with Gasteiger partial charge >= 0.3 is 12.0 Å². The first-order valence-corrected chi connectivity index (χ1v) is 12.4. The average molecular weight is 480 g/mol. The van der Waals surface area contributed by atoms with Gasteiger partial charge in [-0.15, -0.1) is 0 Å². The van der Waals surface area contributed by atoms with Gasteiger partial charge < -0.3 is 15.7 Å². The number of hydrogen-bond donors (Lipinski definition) is 4. The highest BCUT2D eigenvalue weighted by molar-refractivity contribution is 7.89. The van der Waals surface area contributed by atoms with Crippen LogP contribution in [0.2, 0.25) is 0 Å². The highest BCUT2D eigenvalue weighted by atomic mass is 32.2. The van der Waals surface area contributed by atoms with E-state index >= 15 is 0 Å². The second kappa shape index (κ2) is 10.1. The average Bonchev–Trinajstić information content (AvgIpc) is 3.63. The molecule has 34 heavy (non-hydrogen) atoms. The molecule has 1 fully saturated rings. The number of anilines is 1. The number of hydrogen-bond acceptors (Lipinski definition) is 4. The summed E-state index contributed by atoms with van der Waals surface area (Å²) in [6, 6.07) is 21.1. The molecule has 0 unspecified atom stereocenters. The number of carbonyl (C=O) groups is 2. The first kappa shape index (κ1) is 23.5. The first-order valence-electron chi connectivity index (χ1n) is 10.9. The Kier molecular flexibility index (Phi) is 6.95. The summed E-state index contributed by atoms with van der Waals surface area (Å²) in [4.78, 5) is 23.4. The SMILES string of the molecule is O=C(O)C[C@H](NS(=O)(=O)c1cccc(-c2cccc(NC(=O)NC3CC3)c2)c1)c1ccccc1. The summed E-state index contributed by atoms with van der Waals surface area (Å²) in [5.41, 5.74) is 2.52. The number of carboxylic acids is 1. The number of aliphatic carboxylic acids is 1. The number of benzene rings is 3. The normalized spacial score (nSPS) is 14.2. The predicted octanol–water partition coefficient (Wildman–Crippen LogP) is 4.13. The third kappa shape index (κ3) is 6.21. The van der Waals surface area contributed by atoms with Crippen LogP contribution >= 0.6 is 0 Å². The summed E-state index contributed by atoms with van der Waals surface area (Å²) in [5.74, 6) is -1.11. The summed E-state index contributed by atoms with van der Waals surface area (Å²) < 4.78 is 28.8. The molecule has 9 heteroatoms. The van der Waals surface area contributed by atoms with E-state index in [1.54, 1.807) is 60.7 Å². The minimum absolute atomic E-state index is 0.0150. The van der Waals surface area contributed by atoms with Crippen molar-refractivity contribution in [3.8, 4) is 11.1 Å². The Balaban J connectivity index is 1.55. The molecule has 176 valence electrons. The first-order chi connectivity index (χ1) is 16.3. The molecule has 0 heterocycles. The van der Waals surface area contributed by atoms with E-state index in [0.717, 1.165) is 18.4 Å². The van der Waals surface area contributed by atoms with Gasteiger partial charge in [-0.25, -0.2) is 17.9 Å². The second-order valence-corrected chi connectivity index (χ2v) is 9.88. The molecular formula is C25H25N3O5S. The van der Waals surface area contributed by atoms with Crippen molar-refractivity contribution in [1.29, 1.82) is 0 Å². The molecule has 3 aromatic rings. The summed E-state index contributed by atoms with van der Waals surface area (Å²) in [6.07, 6.45) is 1.58. The van der Waals surface area contributed by atoms with Gasteiger partial charge in [0, 0.05) is 11.7 Å². The molecule has 1 aliphatic rings. The molecule has 0 aliphatic heterocycles. The van der Waals surface area contributed by atoms with Gasteiger partial charge in [-0.05, 0) is 53.8 Å². The van der Waals surface area contributed by atoms with Gasteiger partial charge in [0.25, 0.3) is 0 Å². The van der Waals surface area contributed by atoms with Crippen LogP contribution < -0.4 is 15.4 Å². The van der Waals surface area contributed by atoms with E-state index < -0.39 is 22.0 Å². The van der Waals surface area contributed by atoms with Gasteiger partial charge in [-0.2, -0.15) is 0 Å². The van der Waals surface area contributed by atoms with Gasteiger partial charge in [0.1, 0.15) is 0 Å². The number of urea groups is 1. The Bertz CT molecular complexity index is 1290. The zero-order valence-electron chi connectivity index (χ0n) is 18.3. The molecule has 1 atom stereocenters. The van der Waals surface area contributed by atoms with Crippen LogP contribution in [0.15, 0.2) is 83.8 Å². The quantitative estimate of drug-likeness (QED) is 0.367. The maximum absolute atomic E-state index is 13.1. The van der Waals surface area contributed by atoms with E-state index in [4.69, 9.17) is 0 Å². The van der Waals surface area contributed by atoms with Crippen molar-refractivity contribution in [2.45, 2.75) is 36.2 Å². The fraction of sp³-hybridized carbons (Fsp3) is 0.200. The topological polar surface area (TPSA) is 125 Å². The molecule has 4 rings (SSSR count). The molecule has 0 bridgehead atoms. The third-order valence-corrected chi connectivity index (χ3v) is 6.86. The van der Waals surface area contributed by atoms with Crippen molar-refractivity contribution < 1.29 is 23.1 Å². The summed E-state index contributed by atoms with van der Waals surface area (Å²) in [5, 5.41) is 14.9. The van der Waals surface area contributed by atoms with Crippen molar-refractivity contribution in [2.24, 2.45) is 0 Å². The molecule has 8 nitrogen and oxygen atoms in total. The van der Waals surface area contributed by atoms with Crippen molar-refractivity contribution in [3.05, 3.63) is 84.4 Å². The lowest BCUT2D eigenvalue weighted by molar-refractivity contribution is -0.137. The highest BCUT2D eigenvalue weighted by Crippen LogP contribution is 2.27. The zero-order chi connectivity index (χ0) is 24.1. The lowest BCUT2D eigenvalue weighted by atomic mass is 10.1. The minimum Gasteiger partial charge on any atom is -0.481 e. The van der Waals surface area contributed by atoms with Crippen LogP contribution in [0.5, 0.6) is 0 Å². The van der Waals surface area contributed by atoms with E-state index in [0.29, 0.717) is 16.8 Å². The Morgan fingerprint density at radius 2 is 1.59 bits per heavy atom. The van der Waals surface area contributed by atoms with Gasteiger partial charge in [0.05, 0.1) is 17.4 Å². The van der Waals surface area contributed by atoms with Crippen LogP contribution in [-0.4, -0.2) is 31.6 Å². The molecule has 0 radical (unpaired) electrons. The number of nitrogens with one attached hydrogen (secondary N) is 3. The van der Waals surface area contributed by atoms with E-state index in [-0.39, 0.29) is 23.4 Å². The third-order valence-electron chi connectivity index (χ3n) is 5.39. The fourth-order valence-electron chi connectivity index (χ4n) is 3.54. The van der Waals surface area contributed by atoms with Gasteiger partial charge in [0.2, 0.25) is 10.0 Å². The van der Waals surface area contributed by atoms with Crippen LogP contribution in [0.4, 0.5) is 10.5 Å². The molecule has 4 N–H and O–H groups in total. The van der Waals surface area contributed by atoms with Crippen molar-refractivity contribution >= 4 is 27.7 Å². The second-order valence-electron chi connectivity index (χ2n) is 8.16. The van der Waals surface area contributed by atoms with Gasteiger partial charge in [-0.1, -0.05) is 54.6 Å². The van der Waals surface area contributed by atoms with Crippen LogP contribution in [0.1, 0.15) is 30.9 Å². The highest BCUT2D eigenvalue weighted by Gasteiger charge is 2.24. The van der Waals surface area contributed by atoms with Crippen molar-refractivity contribution in [2.75, 3.05) is 5.32 Å². The molecule has 0 saturated heterocycles. The van der Waals surface area contributed by atoms with E-state index in [9.17, 15) is 23.1 Å². The molecule has 1 saturated carbocycles. The van der Waals surface area contributed by atoms with Crippen molar-refractivity contribution in [3.63, 3.8) is 0 Å². The lowest BCUT2D eigenvalue weighted by Gasteiger charge is -2.18. The Morgan fingerprint density at radius 1 is 0.912 bits per heavy atom. The summed E-state index contributed by atoms with van der Waals surface area (Å²) in [7, 11) is -4.01. The maximum Gasteiger partial charge on any atom is 0.319 e. The van der Waals surface area contributed by atoms with Gasteiger partial charge in [0.15, 0.2) is 0 Å². The van der Waals surface area contributed by atoms with E-state index in [2.05, 4.69) is 15.4 Å². The summed E-state index contributed by atoms with van der Waals surface area (Å²) in [6.45, 7) is 0. The predicted molar refractivity (Wildman–Crippen MR) is 129 cm³/mol. The van der Waals surface area contributed by atoms with Crippen molar-refractivity contribution in [1.82, 2.24) is 10.0 Å². The summed E-state index contributed by atoms with van der Waals surface area (Å²) >= 11 is 0. The number of carboxylic acid groups (broad SMARTS) is 1. The molecule has 0 spiro atoms. The van der Waals surface area contributed by atoms with Crippen LogP contribution in [-0.2, 0) is 14.8 Å². The number of amides is 2. The largest absolute Gasteiger partial charge is 0.481 e.